The van der Waals surface area contributed by atoms with E-state index in [9.17, 15) is 0 Å². The van der Waals surface area contributed by atoms with Crippen molar-refractivity contribution in [3.63, 3.8) is 0 Å². The second-order valence-corrected chi connectivity index (χ2v) is 24.6. The van der Waals surface area contributed by atoms with Gasteiger partial charge in [0.15, 0.2) is 24.1 Å². The minimum atomic E-state index is -1.19. The summed E-state index contributed by atoms with van der Waals surface area (Å²) in [6.07, 6.45) is 0. The van der Waals surface area contributed by atoms with Gasteiger partial charge in [-0.3, -0.25) is 0 Å². The molecule has 0 spiro atoms. The van der Waals surface area contributed by atoms with Gasteiger partial charge in [0, 0.05) is 40.3 Å². The van der Waals surface area contributed by atoms with Gasteiger partial charge in [-0.2, -0.15) is 5.10 Å². The molecule has 0 fully saturated rings. The molecule has 0 aliphatic carbocycles. The zero-order valence-corrected chi connectivity index (χ0v) is 28.5. The Labute approximate surface area is 256 Å². The van der Waals surface area contributed by atoms with E-state index in [1.165, 1.54) is 0 Å². The Balaban J connectivity index is 1.47. The molecule has 3 aromatic carbocycles. The normalized spacial score (nSPS) is 12.3. The molecule has 2 heterocycles. The Morgan fingerprint density at radius 3 is 2.30 bits per heavy atom. The smallest absolute Gasteiger partial charge is 0.189 e. The third-order valence-corrected chi connectivity index (χ3v) is 10.8. The first-order valence-electron chi connectivity index (χ1n) is 14.9. The van der Waals surface area contributed by atoms with Gasteiger partial charge in [-0.05, 0) is 48.0 Å². The van der Waals surface area contributed by atoms with Crippen LogP contribution in [0.25, 0.3) is 44.6 Å². The number of imidazole rings is 1. The first-order chi connectivity index (χ1) is 20.5. The van der Waals surface area contributed by atoms with E-state index in [0.717, 1.165) is 63.3 Å². The third-order valence-electron chi connectivity index (χ3n) is 7.36. The van der Waals surface area contributed by atoms with Crippen LogP contribution >= 0.6 is 0 Å². The second-order valence-electron chi connectivity index (χ2n) is 13.3. The zero-order valence-electron chi connectivity index (χ0n) is 26.5. The summed E-state index contributed by atoms with van der Waals surface area (Å²) in [7, 11) is -0.680. The Kier molecular flexibility index (Phi) is 9.40. The number of methoxy groups -OCH3 is 1. The van der Waals surface area contributed by atoms with E-state index in [2.05, 4.69) is 62.5 Å². The number of hydrogen-bond acceptors (Lipinski definition) is 6. The lowest BCUT2D eigenvalue weighted by Gasteiger charge is -2.17. The molecule has 0 saturated carbocycles. The summed E-state index contributed by atoms with van der Waals surface area (Å²) in [6.45, 7) is 16.1. The number of para-hydroxylation sites is 3. The van der Waals surface area contributed by atoms with Crippen LogP contribution in [0.2, 0.25) is 51.4 Å². The summed E-state index contributed by atoms with van der Waals surface area (Å²) in [5, 5.41) is 5.98. The average Bonchev–Trinajstić information content (AvgIpc) is 3.55. The maximum Gasteiger partial charge on any atom is 0.189 e. The van der Waals surface area contributed by atoms with Gasteiger partial charge in [-0.1, -0.05) is 69.6 Å². The first-order valence-corrected chi connectivity index (χ1v) is 22.4. The van der Waals surface area contributed by atoms with Crippen molar-refractivity contribution in [1.82, 2.24) is 19.7 Å². The van der Waals surface area contributed by atoms with Crippen molar-refractivity contribution in [1.29, 1.82) is 0 Å². The largest absolute Gasteiger partial charge is 0.492 e. The van der Waals surface area contributed by atoms with Crippen LogP contribution < -0.4 is 9.47 Å². The fourth-order valence-electron chi connectivity index (χ4n) is 4.82. The lowest BCUT2D eigenvalue weighted by Crippen LogP contribution is -2.22. The number of H-pyrrole nitrogens is 1. The van der Waals surface area contributed by atoms with Crippen LogP contribution in [-0.2, 0) is 16.2 Å². The van der Waals surface area contributed by atoms with E-state index in [-0.39, 0.29) is 6.79 Å². The zero-order chi connectivity index (χ0) is 30.6. The number of hydrogen-bond donors (Lipinski definition) is 1. The van der Waals surface area contributed by atoms with E-state index < -0.39 is 16.1 Å². The molecular formula is C33H44N4O4Si2. The lowest BCUT2D eigenvalue weighted by molar-refractivity contribution is 0.0206. The number of rotatable bonds is 14. The predicted octanol–water partition coefficient (Wildman–Crippen LogP) is 8.26. The minimum Gasteiger partial charge on any atom is -0.492 e. The standard InChI is InChI=1S/C33H44N4O4Si2/c1-38-32-25(11-10-14-30(32)41-23-40-18-20-43(5,6)7)24-15-16-29-26(21-24)31(33-34-27-12-8-9-13-28(27)35-33)36-37(29)22-39-17-19-42(2,3)4/h8-16,21H,17-20,22-23H2,1-7H3,(H,34,35). The van der Waals surface area contributed by atoms with Crippen molar-refractivity contribution in [3.05, 3.63) is 60.7 Å². The molecule has 5 aromatic rings. The summed E-state index contributed by atoms with van der Waals surface area (Å²) < 4.78 is 25.7. The highest BCUT2D eigenvalue weighted by Gasteiger charge is 2.20. The molecule has 0 saturated heterocycles. The van der Waals surface area contributed by atoms with Crippen LogP contribution in [0.3, 0.4) is 0 Å². The summed E-state index contributed by atoms with van der Waals surface area (Å²) >= 11 is 0. The van der Waals surface area contributed by atoms with Crippen molar-refractivity contribution in [3.8, 4) is 34.1 Å². The molecular weight excluding hydrogens is 573 g/mol. The van der Waals surface area contributed by atoms with Crippen LogP contribution in [0, 0.1) is 0 Å². The molecule has 5 rings (SSSR count). The van der Waals surface area contributed by atoms with Crippen LogP contribution in [0.4, 0.5) is 0 Å². The number of aromatic amines is 1. The maximum atomic E-state index is 6.11. The van der Waals surface area contributed by atoms with Crippen molar-refractivity contribution in [2.24, 2.45) is 0 Å². The molecule has 43 heavy (non-hydrogen) atoms. The molecule has 2 aromatic heterocycles. The van der Waals surface area contributed by atoms with Crippen molar-refractivity contribution >= 4 is 38.1 Å². The fraction of sp³-hybridized carbons (Fsp3) is 0.394. The summed E-state index contributed by atoms with van der Waals surface area (Å²) in [5.74, 6) is 2.05. The minimum absolute atomic E-state index is 0.185. The number of benzene rings is 3. The van der Waals surface area contributed by atoms with E-state index in [1.807, 2.05) is 47.1 Å². The molecule has 228 valence electrons. The van der Waals surface area contributed by atoms with Gasteiger partial charge in [0.1, 0.15) is 12.4 Å². The van der Waals surface area contributed by atoms with Gasteiger partial charge in [0.05, 0.1) is 23.7 Å². The van der Waals surface area contributed by atoms with Crippen LogP contribution in [0.15, 0.2) is 60.7 Å². The van der Waals surface area contributed by atoms with E-state index in [1.54, 1.807) is 7.11 Å². The Hall–Kier alpha value is -3.45. The van der Waals surface area contributed by atoms with Crippen LogP contribution in [0.5, 0.6) is 11.5 Å². The Bertz CT molecular complexity index is 1650. The first kappa shape index (κ1) is 31.0. The maximum absolute atomic E-state index is 6.11. The topological polar surface area (TPSA) is 83.4 Å². The Morgan fingerprint density at radius 1 is 0.837 bits per heavy atom. The Morgan fingerprint density at radius 2 is 1.58 bits per heavy atom. The summed E-state index contributed by atoms with van der Waals surface area (Å²) in [5.41, 5.74) is 5.56. The number of aromatic nitrogens is 4. The number of nitrogens with zero attached hydrogens (tertiary/aromatic N) is 3. The van der Waals surface area contributed by atoms with Gasteiger partial charge in [-0.25, -0.2) is 9.67 Å². The molecule has 0 atom stereocenters. The molecule has 0 unspecified atom stereocenters. The lowest BCUT2D eigenvalue weighted by atomic mass is 10.0. The van der Waals surface area contributed by atoms with E-state index in [0.29, 0.717) is 24.8 Å². The van der Waals surface area contributed by atoms with Gasteiger partial charge >= 0.3 is 0 Å². The molecule has 8 nitrogen and oxygen atoms in total. The van der Waals surface area contributed by atoms with Crippen molar-refractivity contribution in [2.45, 2.75) is 58.1 Å². The van der Waals surface area contributed by atoms with E-state index in [4.69, 9.17) is 29.0 Å². The van der Waals surface area contributed by atoms with Gasteiger partial charge in [-0.15, -0.1) is 0 Å². The van der Waals surface area contributed by atoms with Gasteiger partial charge in [0.2, 0.25) is 0 Å². The number of ether oxygens (including phenoxy) is 4. The fourth-order valence-corrected chi connectivity index (χ4v) is 6.34. The van der Waals surface area contributed by atoms with Crippen molar-refractivity contribution in [2.75, 3.05) is 27.1 Å². The molecule has 0 radical (unpaired) electrons. The number of nitrogens with one attached hydrogen (secondary N) is 1. The highest BCUT2D eigenvalue weighted by molar-refractivity contribution is 6.76. The molecule has 0 bridgehead atoms. The third kappa shape index (κ3) is 7.75. The SMILES string of the molecule is COc1c(OCOCC[Si](C)(C)C)cccc1-c1ccc2c(c1)c(-c1nc3ccccc3[nH]1)nn2COCC[Si](C)(C)C. The van der Waals surface area contributed by atoms with Crippen LogP contribution in [0.1, 0.15) is 0 Å². The quantitative estimate of drug-likeness (QED) is 0.0768. The van der Waals surface area contributed by atoms with Gasteiger partial charge < -0.3 is 23.9 Å². The van der Waals surface area contributed by atoms with Crippen molar-refractivity contribution < 1.29 is 18.9 Å². The average molecular weight is 617 g/mol. The summed E-state index contributed by atoms with van der Waals surface area (Å²) in [4.78, 5) is 8.33. The molecule has 0 amide bonds. The van der Waals surface area contributed by atoms with Gasteiger partial charge in [0.25, 0.3) is 0 Å². The molecule has 10 heteroatoms. The highest BCUT2D eigenvalue weighted by atomic mass is 28.3. The predicted molar refractivity (Wildman–Crippen MR) is 181 cm³/mol. The molecule has 0 aliphatic heterocycles. The molecule has 0 aliphatic rings. The summed E-state index contributed by atoms with van der Waals surface area (Å²) in [6, 6.07) is 22.5. The van der Waals surface area contributed by atoms with E-state index >= 15 is 0 Å². The van der Waals surface area contributed by atoms with Crippen LogP contribution in [-0.4, -0.2) is 63.0 Å². The highest BCUT2D eigenvalue weighted by Crippen LogP contribution is 2.40. The monoisotopic (exact) mass is 616 g/mol. The second kappa shape index (κ2) is 13.0. The number of fused-ring (bicyclic) bond motifs is 2. The molecule has 1 N–H and O–H groups in total.